The zero-order valence-electron chi connectivity index (χ0n) is 19.7. The molecule has 0 aromatic heterocycles. The fourth-order valence-corrected chi connectivity index (χ4v) is 8.83. The molecule has 3 aliphatic carbocycles. The van der Waals surface area contributed by atoms with Crippen LogP contribution in [0.1, 0.15) is 61.6 Å². The van der Waals surface area contributed by atoms with Crippen LogP contribution in [0.15, 0.2) is 17.8 Å². The van der Waals surface area contributed by atoms with Crippen LogP contribution in [0.4, 0.5) is 0 Å². The molecule has 3 aliphatic rings. The van der Waals surface area contributed by atoms with Crippen molar-refractivity contribution in [1.29, 1.82) is 0 Å². The van der Waals surface area contributed by atoms with Gasteiger partial charge in [0, 0.05) is 11.8 Å². The van der Waals surface area contributed by atoms with Gasteiger partial charge in [0.15, 0.2) is 0 Å². The summed E-state index contributed by atoms with van der Waals surface area (Å²) in [4.78, 5) is 12.6. The van der Waals surface area contributed by atoms with E-state index in [1.807, 2.05) is 0 Å². The number of benzene rings is 1. The Kier molecular flexibility index (Phi) is 5.18. The number of hydrogen-bond acceptors (Lipinski definition) is 1. The van der Waals surface area contributed by atoms with Crippen LogP contribution in [-0.2, 0) is 11.2 Å². The zero-order valence-corrected chi connectivity index (χ0v) is 21.7. The van der Waals surface area contributed by atoms with Crippen molar-refractivity contribution >= 4 is 33.2 Å². The van der Waals surface area contributed by atoms with Gasteiger partial charge >= 0.3 is 0 Å². The highest BCUT2D eigenvalue weighted by Gasteiger charge is 2.54. The summed E-state index contributed by atoms with van der Waals surface area (Å²) < 4.78 is 0. The van der Waals surface area contributed by atoms with Crippen LogP contribution >= 0.6 is 0 Å². The van der Waals surface area contributed by atoms with E-state index in [2.05, 4.69) is 70.1 Å². The molecule has 2 saturated carbocycles. The maximum absolute atomic E-state index is 12.6. The molecule has 0 spiro atoms. The Morgan fingerprint density at radius 3 is 2.38 bits per heavy atom. The Bertz CT molecular complexity index is 855. The van der Waals surface area contributed by atoms with Crippen LogP contribution in [0, 0.1) is 17.3 Å². The van der Waals surface area contributed by atoms with Gasteiger partial charge in [0.05, 0.1) is 16.1 Å². The lowest BCUT2D eigenvalue weighted by atomic mass is 9.55. The lowest BCUT2D eigenvalue weighted by Crippen LogP contribution is -2.44. The summed E-state index contributed by atoms with van der Waals surface area (Å²) in [5, 5.41) is 1.64. The molecule has 0 radical (unpaired) electrons. The minimum atomic E-state index is -1.43. The zero-order chi connectivity index (χ0) is 21.2. The van der Waals surface area contributed by atoms with E-state index in [1.165, 1.54) is 24.8 Å². The molecule has 4 atom stereocenters. The molecular formula is C26H40OSi2. The standard InChI is InChI=1S/C26H40OSi2/c1-26-14-12-20-21(23(26)10-11-25(26)27)9-8-18-16-19(13-15-28(2,3)4)24(17-22(18)20)29(5,6)7/h13,15-17,20-21,23H,8-12,14H2,1-7H3/b15-13-/t20-,21+,23-,26-/m0/s1. The third-order valence-corrected chi connectivity index (χ3v) is 11.4. The highest BCUT2D eigenvalue weighted by molar-refractivity contribution is 6.89. The van der Waals surface area contributed by atoms with E-state index in [1.54, 1.807) is 16.3 Å². The molecule has 3 heteroatoms. The van der Waals surface area contributed by atoms with Gasteiger partial charge in [-0.25, -0.2) is 0 Å². The predicted octanol–water partition coefficient (Wildman–Crippen LogP) is 6.55. The number of carbonyl (C=O) groups excluding carboxylic acids is 1. The van der Waals surface area contributed by atoms with Crippen LogP contribution in [0.3, 0.4) is 0 Å². The fourth-order valence-electron chi connectivity index (χ4n) is 6.54. The summed E-state index contributed by atoms with van der Waals surface area (Å²) in [5.74, 6) is 2.60. The Labute approximate surface area is 180 Å². The topological polar surface area (TPSA) is 17.1 Å². The molecular weight excluding hydrogens is 384 g/mol. The van der Waals surface area contributed by atoms with Crippen LogP contribution in [0.5, 0.6) is 0 Å². The Hall–Kier alpha value is -0.936. The number of Topliss-reactive ketones (excluding diaryl/α,β-unsaturated/α-hetero) is 1. The first kappa shape index (κ1) is 21.3. The first-order valence-electron chi connectivity index (χ1n) is 11.8. The van der Waals surface area contributed by atoms with Gasteiger partial charge in [-0.1, -0.05) is 75.3 Å². The Morgan fingerprint density at radius 1 is 1.00 bits per heavy atom. The van der Waals surface area contributed by atoms with Crippen molar-refractivity contribution in [2.24, 2.45) is 17.3 Å². The van der Waals surface area contributed by atoms with E-state index in [4.69, 9.17) is 0 Å². The second-order valence-electron chi connectivity index (χ2n) is 12.4. The van der Waals surface area contributed by atoms with Crippen molar-refractivity contribution in [2.75, 3.05) is 0 Å². The molecule has 1 nitrogen and oxygen atoms in total. The van der Waals surface area contributed by atoms with Gasteiger partial charge in [-0.15, -0.1) is 0 Å². The normalized spacial score (nSPS) is 32.2. The van der Waals surface area contributed by atoms with Crippen LogP contribution in [0.2, 0.25) is 39.3 Å². The van der Waals surface area contributed by atoms with E-state index < -0.39 is 16.1 Å². The molecule has 29 heavy (non-hydrogen) atoms. The van der Waals surface area contributed by atoms with Gasteiger partial charge in [0.25, 0.3) is 0 Å². The summed E-state index contributed by atoms with van der Waals surface area (Å²) >= 11 is 0. The number of ketones is 1. The van der Waals surface area contributed by atoms with Crippen LogP contribution in [-0.4, -0.2) is 21.9 Å². The van der Waals surface area contributed by atoms with Gasteiger partial charge in [-0.3, -0.25) is 4.79 Å². The maximum Gasteiger partial charge on any atom is 0.139 e. The molecule has 0 N–H and O–H groups in total. The van der Waals surface area contributed by atoms with E-state index >= 15 is 0 Å². The maximum atomic E-state index is 12.6. The van der Waals surface area contributed by atoms with Crippen molar-refractivity contribution in [3.8, 4) is 0 Å². The third-order valence-electron chi connectivity index (χ3n) is 8.17. The molecule has 0 heterocycles. The molecule has 1 aromatic rings. The molecule has 158 valence electrons. The smallest absolute Gasteiger partial charge is 0.139 e. The average molecular weight is 425 g/mol. The number of aryl methyl sites for hydroxylation is 1. The second-order valence-corrected chi connectivity index (χ2v) is 22.5. The number of rotatable bonds is 3. The first-order chi connectivity index (χ1) is 13.4. The third kappa shape index (κ3) is 3.78. The SMILES string of the molecule is C[C@]12CC[C@@H]3c4cc([Si](C)(C)C)c(/C=C\[Si](C)(C)C)cc4CC[C@H]3[C@@H]1CCC2=O. The van der Waals surface area contributed by atoms with Crippen molar-refractivity contribution in [2.45, 2.75) is 90.6 Å². The number of carbonyl (C=O) groups is 1. The van der Waals surface area contributed by atoms with Gasteiger partial charge in [-0.05, 0) is 66.5 Å². The molecule has 0 unspecified atom stereocenters. The van der Waals surface area contributed by atoms with Crippen LogP contribution in [0.25, 0.3) is 6.08 Å². The van der Waals surface area contributed by atoms with Gasteiger partial charge in [0.1, 0.15) is 5.78 Å². The van der Waals surface area contributed by atoms with E-state index in [9.17, 15) is 4.79 Å². The van der Waals surface area contributed by atoms with Gasteiger partial charge < -0.3 is 0 Å². The van der Waals surface area contributed by atoms with E-state index in [0.717, 1.165) is 25.2 Å². The Morgan fingerprint density at radius 2 is 1.72 bits per heavy atom. The molecule has 0 amide bonds. The molecule has 2 fully saturated rings. The predicted molar refractivity (Wildman–Crippen MR) is 131 cm³/mol. The van der Waals surface area contributed by atoms with Crippen molar-refractivity contribution in [3.63, 3.8) is 0 Å². The fraction of sp³-hybridized carbons (Fsp3) is 0.654. The summed E-state index contributed by atoms with van der Waals surface area (Å²) in [5.41, 5.74) is 7.27. The Balaban J connectivity index is 1.76. The molecule has 0 bridgehead atoms. The minimum Gasteiger partial charge on any atom is -0.299 e. The van der Waals surface area contributed by atoms with Crippen LogP contribution < -0.4 is 5.19 Å². The lowest BCUT2D eigenvalue weighted by molar-refractivity contribution is -0.129. The highest BCUT2D eigenvalue weighted by atomic mass is 28.3. The molecule has 4 rings (SSSR count). The average Bonchev–Trinajstić information content (AvgIpc) is 2.92. The highest BCUT2D eigenvalue weighted by Crippen LogP contribution is 2.59. The first-order valence-corrected chi connectivity index (χ1v) is 18.9. The van der Waals surface area contributed by atoms with Crippen molar-refractivity contribution in [1.82, 2.24) is 0 Å². The number of fused-ring (bicyclic) bond motifs is 5. The minimum absolute atomic E-state index is 0.0136. The largest absolute Gasteiger partial charge is 0.299 e. The summed E-state index contributed by atoms with van der Waals surface area (Å²) in [7, 11) is -2.64. The molecule has 1 aromatic carbocycles. The molecule has 0 aliphatic heterocycles. The second kappa shape index (κ2) is 7.05. The van der Waals surface area contributed by atoms with E-state index in [-0.39, 0.29) is 5.41 Å². The summed E-state index contributed by atoms with van der Waals surface area (Å²) in [6.07, 6.45) is 9.25. The van der Waals surface area contributed by atoms with E-state index in [0.29, 0.717) is 17.6 Å². The quantitative estimate of drug-likeness (QED) is 0.503. The number of hydrogen-bond donors (Lipinski definition) is 0. The van der Waals surface area contributed by atoms with Gasteiger partial charge in [-0.2, -0.15) is 0 Å². The molecule has 0 saturated heterocycles. The summed E-state index contributed by atoms with van der Waals surface area (Å²) in [6, 6.07) is 5.20. The van der Waals surface area contributed by atoms with Gasteiger partial charge in [0.2, 0.25) is 0 Å². The summed E-state index contributed by atoms with van der Waals surface area (Å²) in [6.45, 7) is 17.0. The van der Waals surface area contributed by atoms with Crippen molar-refractivity contribution in [3.05, 3.63) is 34.5 Å². The monoisotopic (exact) mass is 424 g/mol. The van der Waals surface area contributed by atoms with Crippen molar-refractivity contribution < 1.29 is 4.79 Å². The lowest BCUT2D eigenvalue weighted by Gasteiger charge is -2.48.